The van der Waals surface area contributed by atoms with Crippen molar-refractivity contribution >= 4 is 11.6 Å². The average Bonchev–Trinajstić information content (AvgIpc) is 2.90. The fourth-order valence-electron chi connectivity index (χ4n) is 1.52. The lowest BCUT2D eigenvalue weighted by Crippen LogP contribution is -2.12. The van der Waals surface area contributed by atoms with Gasteiger partial charge in [-0.3, -0.25) is 4.79 Å². The normalized spacial score (nSPS) is 9.68. The maximum Gasteiger partial charge on any atom is 0.272 e. The maximum absolute atomic E-state index is 11.9. The molecular formula is C13H11N3O3. The van der Waals surface area contributed by atoms with Crippen LogP contribution in [0.2, 0.25) is 0 Å². The number of aromatic amines is 1. The van der Waals surface area contributed by atoms with Crippen LogP contribution in [-0.2, 0) is 0 Å². The average molecular weight is 257 g/mol. The molecule has 0 radical (unpaired) electrons. The second-order valence-electron chi connectivity index (χ2n) is 3.75. The first-order valence-corrected chi connectivity index (χ1v) is 5.41. The molecule has 0 bridgehead atoms. The Morgan fingerprint density at radius 3 is 2.89 bits per heavy atom. The lowest BCUT2D eigenvalue weighted by Gasteiger charge is -2.08. The Labute approximate surface area is 109 Å². The van der Waals surface area contributed by atoms with Crippen molar-refractivity contribution in [1.29, 1.82) is 5.26 Å². The highest BCUT2D eigenvalue weighted by atomic mass is 16.5. The molecule has 0 aliphatic heterocycles. The maximum atomic E-state index is 11.9. The number of aromatic nitrogens is 1. The van der Waals surface area contributed by atoms with Crippen LogP contribution in [0.3, 0.4) is 0 Å². The number of H-pyrrole nitrogens is 1. The summed E-state index contributed by atoms with van der Waals surface area (Å²) in [6, 6.07) is 7.84. The molecule has 6 nitrogen and oxygen atoms in total. The van der Waals surface area contributed by atoms with Crippen LogP contribution >= 0.6 is 0 Å². The largest absolute Gasteiger partial charge is 0.506 e. The molecule has 19 heavy (non-hydrogen) atoms. The molecule has 0 unspecified atom stereocenters. The van der Waals surface area contributed by atoms with Crippen LogP contribution in [0, 0.1) is 11.3 Å². The minimum Gasteiger partial charge on any atom is -0.506 e. The standard InChI is InChI=1S/C13H11N3O3/c1-19-9-2-3-12(17)10(5-9)16-13(18)11-4-8(6-14)7-15-11/h2-5,7,15,17H,1H3,(H,16,18). The SMILES string of the molecule is COc1ccc(O)c(NC(=O)c2cc(C#N)c[nH]2)c1. The van der Waals surface area contributed by atoms with Crippen molar-refractivity contribution in [2.45, 2.75) is 0 Å². The minimum atomic E-state index is -0.454. The van der Waals surface area contributed by atoms with E-state index in [2.05, 4.69) is 10.3 Å². The zero-order valence-corrected chi connectivity index (χ0v) is 10.1. The Bertz CT molecular complexity index is 655. The molecule has 2 aromatic rings. The Morgan fingerprint density at radius 1 is 1.47 bits per heavy atom. The number of phenolic OH excluding ortho intramolecular Hbond substituents is 1. The fraction of sp³-hybridized carbons (Fsp3) is 0.0769. The monoisotopic (exact) mass is 257 g/mol. The van der Waals surface area contributed by atoms with E-state index < -0.39 is 5.91 Å². The number of nitrogens with zero attached hydrogens (tertiary/aromatic N) is 1. The molecule has 0 saturated heterocycles. The van der Waals surface area contributed by atoms with E-state index in [4.69, 9.17) is 10.00 Å². The summed E-state index contributed by atoms with van der Waals surface area (Å²) in [6.07, 6.45) is 1.43. The number of rotatable bonds is 3. The Balaban J connectivity index is 2.21. The van der Waals surface area contributed by atoms with Crippen molar-refractivity contribution in [2.75, 3.05) is 12.4 Å². The molecular weight excluding hydrogens is 246 g/mol. The molecule has 0 aliphatic carbocycles. The van der Waals surface area contributed by atoms with E-state index in [0.29, 0.717) is 11.3 Å². The van der Waals surface area contributed by atoms with Crippen LogP contribution in [0.5, 0.6) is 11.5 Å². The summed E-state index contributed by atoms with van der Waals surface area (Å²) in [5.41, 5.74) is 0.830. The Hall–Kier alpha value is -2.94. The van der Waals surface area contributed by atoms with Gasteiger partial charge in [-0.05, 0) is 18.2 Å². The number of carbonyl (C=O) groups excluding carboxylic acids is 1. The van der Waals surface area contributed by atoms with Crippen molar-refractivity contribution in [2.24, 2.45) is 0 Å². The molecule has 1 heterocycles. The summed E-state index contributed by atoms with van der Waals surface area (Å²) < 4.78 is 5.01. The molecule has 0 atom stereocenters. The van der Waals surface area contributed by atoms with E-state index in [9.17, 15) is 9.90 Å². The summed E-state index contributed by atoms with van der Waals surface area (Å²) in [4.78, 5) is 14.6. The predicted octanol–water partition coefficient (Wildman–Crippen LogP) is 1.85. The zero-order valence-electron chi connectivity index (χ0n) is 10.1. The van der Waals surface area contributed by atoms with Gasteiger partial charge in [0.25, 0.3) is 5.91 Å². The number of aromatic hydroxyl groups is 1. The van der Waals surface area contributed by atoms with Gasteiger partial charge in [0.1, 0.15) is 23.3 Å². The third-order valence-corrected chi connectivity index (χ3v) is 2.51. The number of amides is 1. The lowest BCUT2D eigenvalue weighted by atomic mass is 10.2. The summed E-state index contributed by atoms with van der Waals surface area (Å²) in [7, 11) is 1.49. The quantitative estimate of drug-likeness (QED) is 0.731. The van der Waals surface area contributed by atoms with Crippen molar-refractivity contribution in [3.05, 3.63) is 41.7 Å². The van der Waals surface area contributed by atoms with E-state index in [1.165, 1.54) is 31.5 Å². The molecule has 0 saturated carbocycles. The smallest absolute Gasteiger partial charge is 0.272 e. The molecule has 0 aliphatic rings. The van der Waals surface area contributed by atoms with Gasteiger partial charge >= 0.3 is 0 Å². The van der Waals surface area contributed by atoms with Crippen molar-refractivity contribution < 1.29 is 14.6 Å². The number of hydrogen-bond donors (Lipinski definition) is 3. The van der Waals surface area contributed by atoms with E-state index >= 15 is 0 Å². The van der Waals surface area contributed by atoms with Crippen molar-refractivity contribution in [3.63, 3.8) is 0 Å². The van der Waals surface area contributed by atoms with E-state index in [1.54, 1.807) is 6.07 Å². The van der Waals surface area contributed by atoms with Gasteiger partial charge in [0.15, 0.2) is 0 Å². The second kappa shape index (κ2) is 5.14. The molecule has 3 N–H and O–H groups in total. The summed E-state index contributed by atoms with van der Waals surface area (Å²) >= 11 is 0. The molecule has 6 heteroatoms. The van der Waals surface area contributed by atoms with Crippen LogP contribution in [0.25, 0.3) is 0 Å². The number of nitrogens with one attached hydrogen (secondary N) is 2. The van der Waals surface area contributed by atoms with E-state index in [1.807, 2.05) is 6.07 Å². The fourth-order valence-corrected chi connectivity index (χ4v) is 1.52. The van der Waals surface area contributed by atoms with Gasteiger partial charge in [-0.15, -0.1) is 0 Å². The van der Waals surface area contributed by atoms with Gasteiger partial charge in [0.2, 0.25) is 0 Å². The van der Waals surface area contributed by atoms with Gasteiger partial charge in [-0.1, -0.05) is 0 Å². The van der Waals surface area contributed by atoms with Crippen LogP contribution in [0.15, 0.2) is 30.5 Å². The highest BCUT2D eigenvalue weighted by molar-refractivity contribution is 6.04. The summed E-state index contributed by atoms with van der Waals surface area (Å²) in [6.45, 7) is 0. The highest BCUT2D eigenvalue weighted by Gasteiger charge is 2.11. The first-order valence-electron chi connectivity index (χ1n) is 5.41. The molecule has 0 spiro atoms. The van der Waals surface area contributed by atoms with Gasteiger partial charge in [0.05, 0.1) is 18.4 Å². The minimum absolute atomic E-state index is 0.0683. The van der Waals surface area contributed by atoms with E-state index in [-0.39, 0.29) is 17.1 Å². The lowest BCUT2D eigenvalue weighted by molar-refractivity contribution is 0.102. The number of carbonyl (C=O) groups is 1. The summed E-state index contributed by atoms with van der Waals surface area (Å²) in [5.74, 6) is -0.0106. The number of hydrogen-bond acceptors (Lipinski definition) is 4. The summed E-state index contributed by atoms with van der Waals surface area (Å²) in [5, 5.41) is 20.9. The van der Waals surface area contributed by atoms with Crippen LogP contribution in [0.1, 0.15) is 16.1 Å². The number of anilines is 1. The van der Waals surface area contributed by atoms with E-state index in [0.717, 1.165) is 0 Å². The number of nitriles is 1. The second-order valence-corrected chi connectivity index (χ2v) is 3.75. The van der Waals surface area contributed by atoms with Crippen molar-refractivity contribution in [3.8, 4) is 17.6 Å². The van der Waals surface area contributed by atoms with Crippen LogP contribution in [-0.4, -0.2) is 23.1 Å². The van der Waals surface area contributed by atoms with Gasteiger partial charge < -0.3 is 20.1 Å². The molecule has 2 rings (SSSR count). The Kier molecular flexibility index (Phi) is 3.39. The molecule has 1 amide bonds. The number of benzene rings is 1. The first kappa shape index (κ1) is 12.5. The van der Waals surface area contributed by atoms with Gasteiger partial charge in [-0.2, -0.15) is 5.26 Å². The first-order chi connectivity index (χ1) is 9.13. The van der Waals surface area contributed by atoms with Crippen LogP contribution in [0.4, 0.5) is 5.69 Å². The highest BCUT2D eigenvalue weighted by Crippen LogP contribution is 2.28. The van der Waals surface area contributed by atoms with Gasteiger partial charge in [0, 0.05) is 12.3 Å². The third kappa shape index (κ3) is 2.66. The third-order valence-electron chi connectivity index (χ3n) is 2.51. The topological polar surface area (TPSA) is 98.1 Å². The number of methoxy groups -OCH3 is 1. The molecule has 1 aromatic carbocycles. The Morgan fingerprint density at radius 2 is 2.26 bits per heavy atom. The zero-order chi connectivity index (χ0) is 13.8. The number of ether oxygens (including phenoxy) is 1. The number of phenols is 1. The van der Waals surface area contributed by atoms with Crippen LogP contribution < -0.4 is 10.1 Å². The molecule has 96 valence electrons. The van der Waals surface area contributed by atoms with Gasteiger partial charge in [-0.25, -0.2) is 0 Å². The predicted molar refractivity (Wildman–Crippen MR) is 68.1 cm³/mol. The molecule has 0 fully saturated rings. The molecule has 1 aromatic heterocycles. The van der Waals surface area contributed by atoms with Crippen molar-refractivity contribution in [1.82, 2.24) is 4.98 Å².